The number of aromatic nitrogens is 4. The van der Waals surface area contributed by atoms with Gasteiger partial charge >= 0.3 is 0 Å². The van der Waals surface area contributed by atoms with E-state index in [4.69, 9.17) is 9.26 Å². The molecule has 0 saturated carbocycles. The molecule has 4 rings (SSSR count). The van der Waals surface area contributed by atoms with Crippen LogP contribution in [-0.2, 0) is 11.2 Å². The Morgan fingerprint density at radius 2 is 2.31 bits per heavy atom. The second-order valence-corrected chi connectivity index (χ2v) is 6.42. The Morgan fingerprint density at radius 1 is 1.38 bits per heavy atom. The minimum absolute atomic E-state index is 0.0143. The topological polar surface area (TPSA) is 85.8 Å². The maximum absolute atomic E-state index is 12.8. The molecule has 136 valence electrons. The monoisotopic (exact) mass is 355 g/mol. The van der Waals surface area contributed by atoms with Gasteiger partial charge in [-0.1, -0.05) is 0 Å². The van der Waals surface area contributed by atoms with Crippen LogP contribution in [-0.4, -0.2) is 44.2 Å². The van der Waals surface area contributed by atoms with Crippen LogP contribution < -0.4 is 4.74 Å². The summed E-state index contributed by atoms with van der Waals surface area (Å²) in [6.45, 7) is 0.759. The number of nitrogens with zero attached hydrogens (tertiary/aromatic N) is 5. The molecular formula is C18H21N5O3. The maximum atomic E-state index is 12.8. The summed E-state index contributed by atoms with van der Waals surface area (Å²) >= 11 is 0. The highest BCUT2D eigenvalue weighted by atomic mass is 16.5. The number of aryl methyl sites for hydroxylation is 1. The molecule has 1 atom stereocenters. The van der Waals surface area contributed by atoms with Crippen LogP contribution in [0.25, 0.3) is 5.65 Å². The van der Waals surface area contributed by atoms with Crippen molar-refractivity contribution in [3.8, 4) is 5.88 Å². The summed E-state index contributed by atoms with van der Waals surface area (Å²) in [5.74, 6) is 1.20. The van der Waals surface area contributed by atoms with Gasteiger partial charge in [-0.25, -0.2) is 9.50 Å². The summed E-state index contributed by atoms with van der Waals surface area (Å²) in [7, 11) is 1.54. The zero-order valence-corrected chi connectivity index (χ0v) is 14.7. The van der Waals surface area contributed by atoms with E-state index in [1.54, 1.807) is 16.8 Å². The summed E-state index contributed by atoms with van der Waals surface area (Å²) < 4.78 is 11.9. The summed E-state index contributed by atoms with van der Waals surface area (Å²) in [5, 5.41) is 7.95. The highest BCUT2D eigenvalue weighted by Crippen LogP contribution is 2.30. The number of piperidine rings is 1. The maximum Gasteiger partial charge on any atom is 0.254 e. The van der Waals surface area contributed by atoms with Gasteiger partial charge in [0.1, 0.15) is 5.76 Å². The van der Waals surface area contributed by atoms with Gasteiger partial charge in [0.2, 0.25) is 5.91 Å². The van der Waals surface area contributed by atoms with E-state index < -0.39 is 0 Å². The van der Waals surface area contributed by atoms with Gasteiger partial charge in [0.15, 0.2) is 5.65 Å². The number of fused-ring (bicyclic) bond motifs is 1. The first-order valence-electron chi connectivity index (χ1n) is 8.84. The normalized spacial score (nSPS) is 17.6. The predicted molar refractivity (Wildman–Crippen MR) is 92.7 cm³/mol. The van der Waals surface area contributed by atoms with Crippen molar-refractivity contribution in [2.75, 3.05) is 13.7 Å². The minimum Gasteiger partial charge on any atom is -0.479 e. The third kappa shape index (κ3) is 3.26. The summed E-state index contributed by atoms with van der Waals surface area (Å²) in [5.41, 5.74) is 1.72. The predicted octanol–water partition coefficient (Wildman–Crippen LogP) is 2.41. The molecule has 26 heavy (non-hydrogen) atoms. The molecule has 0 aromatic carbocycles. The Morgan fingerprint density at radius 3 is 3.15 bits per heavy atom. The molecular weight excluding hydrogens is 334 g/mol. The van der Waals surface area contributed by atoms with Gasteiger partial charge in [-0.05, 0) is 30.5 Å². The van der Waals surface area contributed by atoms with Gasteiger partial charge in [0.25, 0.3) is 5.88 Å². The lowest BCUT2D eigenvalue weighted by Crippen LogP contribution is -2.39. The van der Waals surface area contributed by atoms with Gasteiger partial charge in [0.05, 0.1) is 25.0 Å². The Bertz CT molecular complexity index is 903. The third-order valence-corrected chi connectivity index (χ3v) is 4.78. The fourth-order valence-corrected chi connectivity index (χ4v) is 3.43. The molecule has 0 unspecified atom stereocenters. The van der Waals surface area contributed by atoms with Crippen molar-refractivity contribution in [1.82, 2.24) is 24.7 Å². The van der Waals surface area contributed by atoms with E-state index in [2.05, 4.69) is 15.2 Å². The molecule has 1 saturated heterocycles. The molecule has 0 spiro atoms. The number of amides is 1. The Labute approximate surface area is 150 Å². The van der Waals surface area contributed by atoms with E-state index in [0.29, 0.717) is 24.5 Å². The second kappa shape index (κ2) is 7.15. The van der Waals surface area contributed by atoms with E-state index in [-0.39, 0.29) is 11.9 Å². The van der Waals surface area contributed by atoms with Crippen molar-refractivity contribution in [2.24, 2.45) is 0 Å². The molecule has 8 heteroatoms. The highest BCUT2D eigenvalue weighted by Gasteiger charge is 2.29. The van der Waals surface area contributed by atoms with E-state index in [9.17, 15) is 4.79 Å². The molecule has 1 aliphatic heterocycles. The first-order valence-corrected chi connectivity index (χ1v) is 8.84. The molecule has 1 fully saturated rings. The largest absolute Gasteiger partial charge is 0.479 e. The molecule has 1 aliphatic rings. The first-order chi connectivity index (χ1) is 12.7. The van der Waals surface area contributed by atoms with Crippen LogP contribution in [0.4, 0.5) is 0 Å². The molecule has 1 amide bonds. The van der Waals surface area contributed by atoms with E-state index in [1.807, 2.05) is 23.2 Å². The molecule has 0 N–H and O–H groups in total. The van der Waals surface area contributed by atoms with E-state index in [1.165, 1.54) is 7.11 Å². The molecule has 0 radical (unpaired) electrons. The summed E-state index contributed by atoms with van der Waals surface area (Å²) in [4.78, 5) is 19.5. The Balaban J connectivity index is 1.48. The lowest BCUT2D eigenvalue weighted by Gasteiger charge is -2.35. The summed E-state index contributed by atoms with van der Waals surface area (Å²) in [6, 6.07) is 5.56. The molecule has 8 nitrogen and oxygen atoms in total. The van der Waals surface area contributed by atoms with Gasteiger partial charge in [-0.15, -0.1) is 0 Å². The van der Waals surface area contributed by atoms with Crippen LogP contribution in [0.15, 0.2) is 35.1 Å². The van der Waals surface area contributed by atoms with Crippen molar-refractivity contribution in [2.45, 2.75) is 38.1 Å². The van der Waals surface area contributed by atoms with Crippen LogP contribution in [0.1, 0.15) is 43.2 Å². The fourth-order valence-electron chi connectivity index (χ4n) is 3.43. The molecule has 3 aromatic heterocycles. The zero-order valence-electron chi connectivity index (χ0n) is 14.7. The van der Waals surface area contributed by atoms with Crippen molar-refractivity contribution in [3.05, 3.63) is 42.0 Å². The number of rotatable bonds is 5. The molecule has 3 aromatic rings. The fraction of sp³-hybridized carbons (Fsp3) is 0.444. The van der Waals surface area contributed by atoms with Gasteiger partial charge in [0, 0.05) is 37.7 Å². The Hall–Kier alpha value is -2.90. The smallest absolute Gasteiger partial charge is 0.254 e. The van der Waals surface area contributed by atoms with Gasteiger partial charge in [-0.3, -0.25) is 4.79 Å². The van der Waals surface area contributed by atoms with E-state index >= 15 is 0 Å². The molecule has 0 aliphatic carbocycles. The quantitative estimate of drug-likeness (QED) is 0.699. The van der Waals surface area contributed by atoms with Crippen LogP contribution in [0.5, 0.6) is 5.88 Å². The number of methoxy groups -OCH3 is 1. The van der Waals surface area contributed by atoms with Crippen LogP contribution in [0.3, 0.4) is 0 Å². The van der Waals surface area contributed by atoms with Crippen molar-refractivity contribution >= 4 is 11.6 Å². The van der Waals surface area contributed by atoms with Crippen LogP contribution in [0, 0.1) is 0 Å². The standard InChI is InChI=1S/C18H21N5O3/c1-25-17-12-13(26-21-17)5-6-18(24)22-10-3-2-4-15(22)14-8-11-23-16(20-14)7-9-19-23/h7-9,11-12,15H,2-6,10H2,1H3/t15-/m0/s1. The SMILES string of the molecule is COc1cc(CCC(=O)N2CCCC[C@H]2c2ccn3nccc3n2)on1. The summed E-state index contributed by atoms with van der Waals surface area (Å²) in [6.07, 6.45) is 7.56. The average molecular weight is 355 g/mol. The van der Waals surface area contributed by atoms with Gasteiger partial charge in [-0.2, -0.15) is 5.10 Å². The number of ether oxygens (including phenoxy) is 1. The van der Waals surface area contributed by atoms with Crippen molar-refractivity contribution in [3.63, 3.8) is 0 Å². The third-order valence-electron chi connectivity index (χ3n) is 4.78. The number of carbonyl (C=O) groups excluding carboxylic acids is 1. The van der Waals surface area contributed by atoms with Crippen molar-refractivity contribution < 1.29 is 14.1 Å². The highest BCUT2D eigenvalue weighted by molar-refractivity contribution is 5.77. The van der Waals surface area contributed by atoms with Crippen LogP contribution in [0.2, 0.25) is 0 Å². The second-order valence-electron chi connectivity index (χ2n) is 6.42. The number of hydrogen-bond donors (Lipinski definition) is 0. The van der Waals surface area contributed by atoms with Gasteiger partial charge < -0.3 is 14.2 Å². The number of likely N-dealkylation sites (tertiary alicyclic amines) is 1. The Kier molecular flexibility index (Phi) is 4.55. The first kappa shape index (κ1) is 16.6. The van der Waals surface area contributed by atoms with Crippen LogP contribution >= 0.6 is 0 Å². The number of carbonyl (C=O) groups is 1. The minimum atomic E-state index is 0.0143. The number of hydrogen-bond acceptors (Lipinski definition) is 6. The lowest BCUT2D eigenvalue weighted by atomic mass is 9.98. The molecule has 4 heterocycles. The average Bonchev–Trinajstić information content (AvgIpc) is 3.34. The molecule has 0 bridgehead atoms. The lowest BCUT2D eigenvalue weighted by molar-refractivity contribution is -0.135. The van der Waals surface area contributed by atoms with E-state index in [0.717, 1.165) is 37.1 Å². The zero-order chi connectivity index (χ0) is 17.9. The van der Waals surface area contributed by atoms with Crippen molar-refractivity contribution in [1.29, 1.82) is 0 Å².